The van der Waals surface area contributed by atoms with Gasteiger partial charge in [-0.2, -0.15) is 10.5 Å². The van der Waals surface area contributed by atoms with E-state index in [2.05, 4.69) is 72.2 Å². The molecule has 0 aliphatic heterocycles. The summed E-state index contributed by atoms with van der Waals surface area (Å²) in [4.78, 5) is 0. The summed E-state index contributed by atoms with van der Waals surface area (Å²) in [5, 5.41) is 26.3. The molecule has 0 N–H and O–H groups in total. The zero-order chi connectivity index (χ0) is 32.5. The first-order valence-corrected chi connectivity index (χ1v) is 17.5. The summed E-state index contributed by atoms with van der Waals surface area (Å²) in [5.41, 5.74) is 8.16. The molecule has 2 aliphatic rings. The van der Waals surface area contributed by atoms with E-state index in [0.29, 0.717) is 23.0 Å². The van der Waals surface area contributed by atoms with E-state index < -0.39 is 0 Å². The summed E-state index contributed by atoms with van der Waals surface area (Å²) in [7, 11) is 0. The average molecular weight is 617 g/mol. The summed E-state index contributed by atoms with van der Waals surface area (Å²) in [6.07, 6.45) is 12.6. The van der Waals surface area contributed by atoms with Gasteiger partial charge in [-0.15, -0.1) is 0 Å². The second-order valence-corrected chi connectivity index (χ2v) is 13.6. The van der Waals surface area contributed by atoms with E-state index >= 15 is 0 Å². The number of hydrogen-bond donors (Lipinski definition) is 0. The molecule has 2 nitrogen and oxygen atoms in total. The highest BCUT2D eigenvalue weighted by Gasteiger charge is 2.25. The van der Waals surface area contributed by atoms with Gasteiger partial charge in [0.05, 0.1) is 23.3 Å². The highest BCUT2D eigenvalue weighted by molar-refractivity contribution is 6.26. The SMILES string of the molecule is N#Cc1ccc(C#Cc2cc(C3CCCCC3)c3ccc4c(C#Cc5ccc(C#N)cc5)cc(C5CCCCC5)c5ccc2c3c45)cc1. The first-order valence-electron chi connectivity index (χ1n) is 17.5. The summed E-state index contributed by atoms with van der Waals surface area (Å²) in [6, 6.07) is 33.7. The van der Waals surface area contributed by atoms with Gasteiger partial charge >= 0.3 is 0 Å². The average Bonchev–Trinajstić information content (AvgIpc) is 3.16. The predicted molar refractivity (Wildman–Crippen MR) is 196 cm³/mol. The highest BCUT2D eigenvalue weighted by atomic mass is 14.3. The van der Waals surface area contributed by atoms with Gasteiger partial charge < -0.3 is 0 Å². The third kappa shape index (κ3) is 5.56. The molecule has 2 fully saturated rings. The van der Waals surface area contributed by atoms with Gasteiger partial charge in [-0.25, -0.2) is 0 Å². The van der Waals surface area contributed by atoms with Crippen molar-refractivity contribution < 1.29 is 0 Å². The molecule has 6 aromatic carbocycles. The van der Waals surface area contributed by atoms with E-state index in [1.807, 2.05) is 48.5 Å². The first-order chi connectivity index (χ1) is 23.7. The Morgan fingerprint density at radius 2 is 0.750 bits per heavy atom. The van der Waals surface area contributed by atoms with Crippen LogP contribution < -0.4 is 0 Å². The van der Waals surface area contributed by atoms with Gasteiger partial charge in [0.1, 0.15) is 0 Å². The normalized spacial score (nSPS) is 15.4. The quantitative estimate of drug-likeness (QED) is 0.144. The van der Waals surface area contributed by atoms with Crippen molar-refractivity contribution >= 4 is 32.3 Å². The van der Waals surface area contributed by atoms with Crippen molar-refractivity contribution in [2.75, 3.05) is 0 Å². The van der Waals surface area contributed by atoms with E-state index in [0.717, 1.165) is 22.3 Å². The van der Waals surface area contributed by atoms with E-state index in [-0.39, 0.29) is 0 Å². The monoisotopic (exact) mass is 616 g/mol. The van der Waals surface area contributed by atoms with Gasteiger partial charge in [-0.3, -0.25) is 0 Å². The molecule has 0 radical (unpaired) electrons. The molecule has 0 aromatic heterocycles. The van der Waals surface area contributed by atoms with Crippen LogP contribution >= 0.6 is 0 Å². The maximum absolute atomic E-state index is 9.27. The Bertz CT molecular complexity index is 2190. The zero-order valence-electron chi connectivity index (χ0n) is 27.2. The molecule has 2 aliphatic carbocycles. The summed E-state index contributed by atoms with van der Waals surface area (Å²) in [6.45, 7) is 0. The summed E-state index contributed by atoms with van der Waals surface area (Å²) in [5.74, 6) is 15.1. The molecule has 8 rings (SSSR count). The fraction of sp³-hybridized carbons (Fsp3) is 0.261. The second kappa shape index (κ2) is 12.9. The van der Waals surface area contributed by atoms with Crippen LogP contribution in [0.3, 0.4) is 0 Å². The van der Waals surface area contributed by atoms with Crippen molar-refractivity contribution in [3.05, 3.63) is 129 Å². The predicted octanol–water partition coefficient (Wildman–Crippen LogP) is 11.2. The van der Waals surface area contributed by atoms with Crippen molar-refractivity contribution in [1.29, 1.82) is 10.5 Å². The molecule has 6 aromatic rings. The Morgan fingerprint density at radius 3 is 1.12 bits per heavy atom. The van der Waals surface area contributed by atoms with E-state index in [1.165, 1.54) is 108 Å². The Kier molecular flexibility index (Phi) is 8.03. The van der Waals surface area contributed by atoms with Crippen molar-refractivity contribution in [1.82, 2.24) is 0 Å². The Hall–Kier alpha value is -5.54. The van der Waals surface area contributed by atoms with Crippen molar-refractivity contribution in [2.24, 2.45) is 0 Å². The van der Waals surface area contributed by atoms with Gasteiger partial charge in [0.25, 0.3) is 0 Å². The third-order valence-corrected chi connectivity index (χ3v) is 10.8. The number of nitriles is 2. The molecule has 0 saturated heterocycles. The molecule has 0 atom stereocenters. The van der Waals surface area contributed by atoms with Crippen LogP contribution in [0.15, 0.2) is 84.9 Å². The smallest absolute Gasteiger partial charge is 0.0991 e. The van der Waals surface area contributed by atoms with Gasteiger partial charge in [-0.05, 0) is 142 Å². The fourth-order valence-electron chi connectivity index (χ4n) is 8.29. The molecule has 0 unspecified atom stereocenters. The molecule has 2 heteroatoms. The molecule has 48 heavy (non-hydrogen) atoms. The molecule has 230 valence electrons. The molecular weight excluding hydrogens is 581 g/mol. The summed E-state index contributed by atoms with van der Waals surface area (Å²) >= 11 is 0. The molecule has 0 bridgehead atoms. The molecule has 0 amide bonds. The first kappa shape index (κ1) is 29.8. The molecular formula is C46H36N2. The Labute approximate surface area is 283 Å². The van der Waals surface area contributed by atoms with Crippen molar-refractivity contribution in [2.45, 2.75) is 76.0 Å². The maximum atomic E-state index is 9.27. The minimum Gasteiger partial charge on any atom is -0.192 e. The highest BCUT2D eigenvalue weighted by Crippen LogP contribution is 2.46. The largest absolute Gasteiger partial charge is 0.192 e. The van der Waals surface area contributed by atoms with Crippen LogP contribution in [-0.2, 0) is 0 Å². The van der Waals surface area contributed by atoms with Crippen LogP contribution in [0.4, 0.5) is 0 Å². The van der Waals surface area contributed by atoms with Crippen LogP contribution in [0.5, 0.6) is 0 Å². The second-order valence-electron chi connectivity index (χ2n) is 13.6. The molecule has 0 spiro atoms. The van der Waals surface area contributed by atoms with E-state index in [4.69, 9.17) is 0 Å². The minimum atomic E-state index is 0.534. The molecule has 0 heterocycles. The minimum absolute atomic E-state index is 0.534. The van der Waals surface area contributed by atoms with Gasteiger partial charge in [0.2, 0.25) is 0 Å². The standard InChI is InChI=1S/C46H36N2/c47-29-33-15-11-31(12-16-33)19-21-37-27-43(35-7-3-1-4-8-35)41-25-23-40-38(22-20-32-13-17-34(30-48)18-14-32)28-44(36-9-5-2-6-10-36)42-26-24-39(37)45(41)46(40)42/h11-18,23-28,35-36H,1-10H2. The van der Waals surface area contributed by atoms with Gasteiger partial charge in [0, 0.05) is 22.3 Å². The third-order valence-electron chi connectivity index (χ3n) is 10.8. The number of hydrogen-bond acceptors (Lipinski definition) is 2. The van der Waals surface area contributed by atoms with Crippen molar-refractivity contribution in [3.8, 4) is 35.8 Å². The van der Waals surface area contributed by atoms with Crippen LogP contribution in [0.25, 0.3) is 32.3 Å². The summed E-state index contributed by atoms with van der Waals surface area (Å²) < 4.78 is 0. The maximum Gasteiger partial charge on any atom is 0.0991 e. The van der Waals surface area contributed by atoms with Crippen LogP contribution in [0, 0.1) is 46.3 Å². The molecule has 2 saturated carbocycles. The Morgan fingerprint density at radius 1 is 0.396 bits per heavy atom. The lowest BCUT2D eigenvalue weighted by Gasteiger charge is -2.27. The number of benzene rings is 6. The Balaban J connectivity index is 1.39. The number of nitrogens with zero attached hydrogens (tertiary/aromatic N) is 2. The number of rotatable bonds is 2. The van der Waals surface area contributed by atoms with Gasteiger partial charge in [-0.1, -0.05) is 86.5 Å². The van der Waals surface area contributed by atoms with Crippen molar-refractivity contribution in [3.63, 3.8) is 0 Å². The lowest BCUT2D eigenvalue weighted by atomic mass is 9.77. The van der Waals surface area contributed by atoms with Crippen LogP contribution in [0.1, 0.15) is 121 Å². The fourth-order valence-corrected chi connectivity index (χ4v) is 8.29. The van der Waals surface area contributed by atoms with E-state index in [1.54, 1.807) is 0 Å². The van der Waals surface area contributed by atoms with E-state index in [9.17, 15) is 10.5 Å². The lowest BCUT2D eigenvalue weighted by molar-refractivity contribution is 0.445. The van der Waals surface area contributed by atoms with Gasteiger partial charge in [0.15, 0.2) is 0 Å². The zero-order valence-corrected chi connectivity index (χ0v) is 27.2. The topological polar surface area (TPSA) is 47.6 Å². The van der Waals surface area contributed by atoms with Crippen LogP contribution in [-0.4, -0.2) is 0 Å². The lowest BCUT2D eigenvalue weighted by Crippen LogP contribution is -2.08. The van der Waals surface area contributed by atoms with Crippen LogP contribution in [0.2, 0.25) is 0 Å².